The third-order valence-electron chi connectivity index (χ3n) is 2.04. The lowest BCUT2D eigenvalue weighted by atomic mass is 10.3. The number of hydrogen-bond donors (Lipinski definition) is 1. The number of halogens is 3. The average molecular weight is 249 g/mol. The summed E-state index contributed by atoms with van der Waals surface area (Å²) in [5.41, 5.74) is -1.16. The number of hydrogen-bond acceptors (Lipinski definition) is 4. The van der Waals surface area contributed by atoms with E-state index < -0.39 is 29.8 Å². The van der Waals surface area contributed by atoms with Gasteiger partial charge in [0.2, 0.25) is 6.10 Å². The zero-order valence-electron chi connectivity index (χ0n) is 8.19. The predicted molar refractivity (Wildman–Crippen MR) is 46.8 cm³/mol. The van der Waals surface area contributed by atoms with Crippen LogP contribution in [0, 0.1) is 0 Å². The van der Waals surface area contributed by atoms with E-state index in [9.17, 15) is 18.0 Å². The largest absolute Gasteiger partial charge is 0.483 e. The van der Waals surface area contributed by atoms with E-state index in [1.807, 2.05) is 0 Å². The predicted octanol–water partition coefficient (Wildman–Crippen LogP) is 1.32. The van der Waals surface area contributed by atoms with Crippen LogP contribution >= 0.6 is 0 Å². The minimum atomic E-state index is -4.62. The summed E-state index contributed by atoms with van der Waals surface area (Å²) in [6.45, 7) is -0.268. The molecule has 0 radical (unpaired) electrons. The Balaban J connectivity index is 2.32. The third kappa shape index (κ3) is 2.24. The minimum absolute atomic E-state index is 0.00417. The fourth-order valence-corrected chi connectivity index (χ4v) is 1.24. The lowest BCUT2D eigenvalue weighted by Gasteiger charge is -2.23. The van der Waals surface area contributed by atoms with Crippen molar-refractivity contribution in [1.29, 1.82) is 0 Å². The summed E-state index contributed by atoms with van der Waals surface area (Å²) in [7, 11) is 0. The first-order valence-corrected chi connectivity index (χ1v) is 4.48. The summed E-state index contributed by atoms with van der Waals surface area (Å²) >= 11 is 0. The number of fused-ring (bicyclic) bond motifs is 1. The second-order valence-corrected chi connectivity index (χ2v) is 3.25. The SMILES string of the molecule is O=C(O)C1COc2ccc(C(F)(F)F)nc2O1. The summed E-state index contributed by atoms with van der Waals surface area (Å²) in [5.74, 6) is -1.79. The van der Waals surface area contributed by atoms with Gasteiger partial charge in [-0.25, -0.2) is 9.78 Å². The molecule has 0 spiro atoms. The Hall–Kier alpha value is -1.99. The molecule has 0 bridgehead atoms. The number of carbonyl (C=O) groups is 1. The number of carboxylic acids is 1. The number of ether oxygens (including phenoxy) is 2. The number of carboxylic acid groups (broad SMARTS) is 1. The molecule has 1 atom stereocenters. The Morgan fingerprint density at radius 2 is 2.18 bits per heavy atom. The molecule has 0 saturated carbocycles. The molecule has 8 heteroatoms. The molecule has 0 fully saturated rings. The van der Waals surface area contributed by atoms with E-state index in [-0.39, 0.29) is 12.4 Å². The van der Waals surface area contributed by atoms with Crippen molar-refractivity contribution in [2.45, 2.75) is 12.3 Å². The van der Waals surface area contributed by atoms with E-state index in [4.69, 9.17) is 14.6 Å². The van der Waals surface area contributed by atoms with Gasteiger partial charge in [0.25, 0.3) is 5.88 Å². The molecule has 1 aromatic rings. The van der Waals surface area contributed by atoms with Crippen molar-refractivity contribution >= 4 is 5.97 Å². The van der Waals surface area contributed by atoms with Crippen LogP contribution in [-0.2, 0) is 11.0 Å². The Bertz CT molecular complexity index is 460. The maximum Gasteiger partial charge on any atom is 0.433 e. The van der Waals surface area contributed by atoms with Crippen molar-refractivity contribution in [1.82, 2.24) is 4.98 Å². The van der Waals surface area contributed by atoms with Gasteiger partial charge >= 0.3 is 12.1 Å². The number of aliphatic carboxylic acids is 1. The maximum atomic E-state index is 12.3. The van der Waals surface area contributed by atoms with Crippen LogP contribution < -0.4 is 9.47 Å². The molecule has 2 rings (SSSR count). The topological polar surface area (TPSA) is 68.7 Å². The molecule has 1 N–H and O–H groups in total. The molecule has 1 aliphatic heterocycles. The highest BCUT2D eigenvalue weighted by molar-refractivity contribution is 5.73. The summed E-state index contributed by atoms with van der Waals surface area (Å²) < 4.78 is 46.7. The normalized spacial score (nSPS) is 18.9. The van der Waals surface area contributed by atoms with Crippen molar-refractivity contribution in [3.63, 3.8) is 0 Å². The van der Waals surface area contributed by atoms with Gasteiger partial charge in [0.05, 0.1) is 0 Å². The van der Waals surface area contributed by atoms with Gasteiger partial charge in [-0.2, -0.15) is 13.2 Å². The fraction of sp³-hybridized carbons (Fsp3) is 0.333. The lowest BCUT2D eigenvalue weighted by molar-refractivity contribution is -0.148. The highest BCUT2D eigenvalue weighted by Gasteiger charge is 2.35. The molecule has 0 saturated heterocycles. The van der Waals surface area contributed by atoms with Crippen molar-refractivity contribution in [2.24, 2.45) is 0 Å². The first-order valence-electron chi connectivity index (χ1n) is 4.48. The average Bonchev–Trinajstić information content (AvgIpc) is 2.26. The standard InChI is InChI=1S/C9H6F3NO4/c10-9(11,12)6-2-1-4-7(13-6)17-5(3-16-4)8(14)15/h1-2,5H,3H2,(H,14,15). The lowest BCUT2D eigenvalue weighted by Crippen LogP contribution is -2.36. The van der Waals surface area contributed by atoms with Crippen LogP contribution in [0.25, 0.3) is 0 Å². The zero-order valence-corrected chi connectivity index (χ0v) is 8.19. The van der Waals surface area contributed by atoms with Crippen molar-refractivity contribution < 1.29 is 32.5 Å². The second-order valence-electron chi connectivity index (χ2n) is 3.25. The van der Waals surface area contributed by atoms with Gasteiger partial charge in [-0.05, 0) is 12.1 Å². The summed E-state index contributed by atoms with van der Waals surface area (Å²) in [4.78, 5) is 13.8. The Morgan fingerprint density at radius 3 is 2.76 bits per heavy atom. The summed E-state index contributed by atoms with van der Waals surface area (Å²) in [6.07, 6.45) is -5.97. The number of nitrogens with zero attached hydrogens (tertiary/aromatic N) is 1. The van der Waals surface area contributed by atoms with E-state index in [2.05, 4.69) is 4.98 Å². The molecule has 2 heterocycles. The molecule has 17 heavy (non-hydrogen) atoms. The van der Waals surface area contributed by atoms with Gasteiger partial charge in [0.1, 0.15) is 12.3 Å². The van der Waals surface area contributed by atoms with Crippen molar-refractivity contribution in [3.05, 3.63) is 17.8 Å². The number of rotatable bonds is 1. The molecule has 1 aliphatic rings. The Labute approximate surface area is 92.8 Å². The van der Waals surface area contributed by atoms with Crippen LogP contribution in [0.5, 0.6) is 11.6 Å². The van der Waals surface area contributed by atoms with Gasteiger partial charge < -0.3 is 14.6 Å². The van der Waals surface area contributed by atoms with Gasteiger partial charge in [-0.1, -0.05) is 0 Å². The molecule has 0 amide bonds. The molecule has 5 nitrogen and oxygen atoms in total. The van der Waals surface area contributed by atoms with Crippen LogP contribution in [0.3, 0.4) is 0 Å². The van der Waals surface area contributed by atoms with Gasteiger partial charge in [0.15, 0.2) is 5.75 Å². The van der Waals surface area contributed by atoms with Crippen molar-refractivity contribution in [2.75, 3.05) is 6.61 Å². The highest BCUT2D eigenvalue weighted by Crippen LogP contribution is 2.35. The quantitative estimate of drug-likeness (QED) is 0.813. The van der Waals surface area contributed by atoms with Crippen LogP contribution in [0.4, 0.5) is 13.2 Å². The smallest absolute Gasteiger partial charge is 0.433 e. The van der Waals surface area contributed by atoms with E-state index in [0.29, 0.717) is 0 Å². The van der Waals surface area contributed by atoms with Gasteiger partial charge in [-0.15, -0.1) is 0 Å². The zero-order chi connectivity index (χ0) is 12.6. The van der Waals surface area contributed by atoms with Gasteiger partial charge in [-0.3, -0.25) is 0 Å². The molecule has 0 aliphatic carbocycles. The second kappa shape index (κ2) is 3.79. The maximum absolute atomic E-state index is 12.3. The van der Waals surface area contributed by atoms with E-state index >= 15 is 0 Å². The number of pyridine rings is 1. The molecular formula is C9H6F3NO4. The van der Waals surface area contributed by atoms with Crippen LogP contribution in [-0.4, -0.2) is 28.8 Å². The van der Waals surface area contributed by atoms with Crippen LogP contribution in [0.15, 0.2) is 12.1 Å². The Morgan fingerprint density at radius 1 is 1.47 bits per heavy atom. The fourth-order valence-electron chi connectivity index (χ4n) is 1.24. The van der Waals surface area contributed by atoms with E-state index in [1.165, 1.54) is 0 Å². The highest BCUT2D eigenvalue weighted by atomic mass is 19.4. The number of alkyl halides is 3. The van der Waals surface area contributed by atoms with E-state index in [0.717, 1.165) is 12.1 Å². The van der Waals surface area contributed by atoms with E-state index in [1.54, 1.807) is 0 Å². The summed E-state index contributed by atoms with van der Waals surface area (Å²) in [6, 6.07) is 1.78. The van der Waals surface area contributed by atoms with Gasteiger partial charge in [0, 0.05) is 0 Å². The van der Waals surface area contributed by atoms with Crippen LogP contribution in [0.1, 0.15) is 5.69 Å². The first-order chi connectivity index (χ1) is 7.88. The molecular weight excluding hydrogens is 243 g/mol. The monoisotopic (exact) mass is 249 g/mol. The molecule has 0 aromatic carbocycles. The molecule has 1 unspecified atom stereocenters. The summed E-state index contributed by atoms with van der Waals surface area (Å²) in [5, 5.41) is 8.64. The Kier molecular flexibility index (Phi) is 2.56. The van der Waals surface area contributed by atoms with Crippen molar-refractivity contribution in [3.8, 4) is 11.6 Å². The number of aromatic nitrogens is 1. The first kappa shape index (κ1) is 11.5. The third-order valence-corrected chi connectivity index (χ3v) is 2.04. The molecule has 1 aromatic heterocycles. The minimum Gasteiger partial charge on any atom is -0.483 e. The van der Waals surface area contributed by atoms with Crippen LogP contribution in [0.2, 0.25) is 0 Å². The molecule has 92 valence electrons.